The van der Waals surface area contributed by atoms with Crippen LogP contribution in [0.5, 0.6) is 0 Å². The number of carbonyl (C=O) groups is 7. The van der Waals surface area contributed by atoms with E-state index in [-0.39, 0.29) is 91.0 Å². The Morgan fingerprint density at radius 1 is 0.381 bits per heavy atom. The number of nitrogens with two attached hydrogens (primary N) is 1. The predicted molar refractivity (Wildman–Crippen MR) is 324 cm³/mol. The third-order valence-electron chi connectivity index (χ3n) is 12.7. The minimum absolute atomic E-state index is 0.165. The van der Waals surface area contributed by atoms with Crippen molar-refractivity contribution in [3.8, 4) is 0 Å². The monoisotopic (exact) mass is 1190 g/mol. The first-order valence-corrected chi connectivity index (χ1v) is 30.1. The molecule has 0 bridgehead atoms. The Labute approximate surface area is 502 Å². The number of ether oxygens (including phenoxy) is 6. The molecule has 0 unspecified atom stereocenters. The van der Waals surface area contributed by atoms with Crippen LogP contribution in [0.1, 0.15) is 172 Å². The summed E-state index contributed by atoms with van der Waals surface area (Å²) in [5, 5.41) is 2.98. The molecule has 2 fully saturated rings. The van der Waals surface area contributed by atoms with E-state index in [4.69, 9.17) is 34.2 Å². The van der Waals surface area contributed by atoms with Gasteiger partial charge in [-0.25, -0.2) is 28.8 Å². The molecule has 2 heterocycles. The molecule has 0 radical (unpaired) electrons. The van der Waals surface area contributed by atoms with Crippen molar-refractivity contribution in [1.29, 1.82) is 0 Å². The first-order valence-electron chi connectivity index (χ1n) is 30.1. The molecular formula is C61H108N10O13. The fourth-order valence-electron chi connectivity index (χ4n) is 9.00. The highest BCUT2D eigenvalue weighted by Crippen LogP contribution is 2.22. The highest BCUT2D eigenvalue weighted by Gasteiger charge is 2.32. The number of hydrogen-bond donors (Lipinski definition) is 2. The molecule has 7 amide bonds. The van der Waals surface area contributed by atoms with Crippen LogP contribution in [0, 0.1) is 0 Å². The third kappa shape index (κ3) is 29.3. The summed E-state index contributed by atoms with van der Waals surface area (Å²) in [5.74, 6) is -0.314. The number of carbonyl (C=O) groups excluding carboxylic acids is 7. The molecule has 0 saturated carbocycles. The zero-order chi connectivity index (χ0) is 63.4. The van der Waals surface area contributed by atoms with Crippen LogP contribution >= 0.6 is 0 Å². The van der Waals surface area contributed by atoms with Gasteiger partial charge in [0.2, 0.25) is 0 Å². The fraction of sp³-hybridized carbons (Fsp3) is 0.787. The second-order valence-corrected chi connectivity index (χ2v) is 27.8. The number of amides is 7. The van der Waals surface area contributed by atoms with E-state index < -0.39 is 70.2 Å². The Bertz CT molecular complexity index is 2290. The first kappa shape index (κ1) is 72.4. The maximum Gasteiger partial charge on any atom is 0.410 e. The highest BCUT2D eigenvalue weighted by molar-refractivity contribution is 5.96. The van der Waals surface area contributed by atoms with Crippen LogP contribution in [-0.2, 0) is 41.5 Å². The van der Waals surface area contributed by atoms with Crippen LogP contribution in [0.15, 0.2) is 18.2 Å². The lowest BCUT2D eigenvalue weighted by Crippen LogP contribution is -2.47. The number of rotatable bonds is 7. The molecule has 2 saturated heterocycles. The van der Waals surface area contributed by atoms with Gasteiger partial charge in [-0.1, -0.05) is 12.1 Å². The Morgan fingerprint density at radius 2 is 0.643 bits per heavy atom. The van der Waals surface area contributed by atoms with Crippen LogP contribution in [0.25, 0.3) is 0 Å². The molecule has 3 N–H and O–H groups in total. The third-order valence-corrected chi connectivity index (χ3v) is 12.7. The van der Waals surface area contributed by atoms with Gasteiger partial charge in [-0.15, -0.1) is 0 Å². The van der Waals surface area contributed by atoms with Gasteiger partial charge < -0.3 is 68.9 Å². The van der Waals surface area contributed by atoms with Crippen molar-refractivity contribution in [3.05, 3.63) is 34.9 Å². The maximum absolute atomic E-state index is 14.3. The lowest BCUT2D eigenvalue weighted by Gasteiger charge is -2.34. The lowest BCUT2D eigenvalue weighted by molar-refractivity contribution is 0.00992. The molecule has 2 aliphatic rings. The van der Waals surface area contributed by atoms with Crippen LogP contribution in [0.4, 0.5) is 28.8 Å². The highest BCUT2D eigenvalue weighted by atomic mass is 16.6. The molecule has 0 aliphatic carbocycles. The Hall–Kier alpha value is -5.81. The van der Waals surface area contributed by atoms with Gasteiger partial charge in [-0.05, 0) is 168 Å². The first-order chi connectivity index (χ1) is 38.7. The Kier molecular flexibility index (Phi) is 27.7. The summed E-state index contributed by atoms with van der Waals surface area (Å²) in [6.45, 7) is 38.2. The zero-order valence-corrected chi connectivity index (χ0v) is 54.7. The number of hydrogen-bond acceptors (Lipinski definition) is 16. The molecule has 3 rings (SSSR count). The maximum atomic E-state index is 14.3. The van der Waals surface area contributed by atoms with Crippen LogP contribution < -0.4 is 11.1 Å². The normalized spacial score (nSPS) is 17.5. The van der Waals surface area contributed by atoms with Crippen LogP contribution in [0.3, 0.4) is 0 Å². The van der Waals surface area contributed by atoms with Gasteiger partial charge in [0.1, 0.15) is 33.6 Å². The average molecular weight is 1190 g/mol. The van der Waals surface area contributed by atoms with Crippen molar-refractivity contribution in [3.63, 3.8) is 0 Å². The number of nitrogens with one attached hydrogen (secondary N) is 1. The summed E-state index contributed by atoms with van der Waals surface area (Å²) in [7, 11) is 0. The predicted octanol–water partition coefficient (Wildman–Crippen LogP) is 8.99. The van der Waals surface area contributed by atoms with Crippen molar-refractivity contribution in [2.75, 3.05) is 118 Å². The van der Waals surface area contributed by atoms with Crippen molar-refractivity contribution in [1.82, 2.24) is 44.5 Å². The van der Waals surface area contributed by atoms with E-state index in [1.165, 1.54) is 0 Å². The molecular weight excluding hydrogens is 1080 g/mol. The topological polar surface area (TPSA) is 239 Å². The molecule has 0 atom stereocenters. The standard InChI is InChI=1S/C61H108N10O13/c1-56(2,3)79-50(73)66-31-21-33-70(54(77)83-60(13,14)15)41-39-68(52(75)81-58(7,8)9)29-19-27-64(35-37-66)44-46-23-24-47(48(43-46)49(72)63-26-25-62)45-65-28-20-30-69(53(76)82-59(10,11)12)40-42-71(55(78)84-61(16,17)18)34-22-32-67(38-36-65)51(74)80-57(4,5)6/h23-24,43H,19-22,25-42,44-45,62H2,1-18H3,(H,63,72). The summed E-state index contributed by atoms with van der Waals surface area (Å²) in [6, 6.07) is 5.82. The Balaban J connectivity index is 2.10. The van der Waals surface area contributed by atoms with E-state index >= 15 is 0 Å². The zero-order valence-electron chi connectivity index (χ0n) is 54.7. The van der Waals surface area contributed by atoms with E-state index in [0.717, 1.165) is 11.1 Å². The average Bonchev–Trinajstić information content (AvgIpc) is 3.55. The summed E-state index contributed by atoms with van der Waals surface area (Å²) < 4.78 is 35.1. The molecule has 2 aliphatic heterocycles. The second kappa shape index (κ2) is 32.1. The summed E-state index contributed by atoms with van der Waals surface area (Å²) >= 11 is 0. The van der Waals surface area contributed by atoms with Crippen molar-refractivity contribution < 1.29 is 62.0 Å². The molecule has 480 valence electrons. The fourth-order valence-corrected chi connectivity index (χ4v) is 9.00. The van der Waals surface area contributed by atoms with E-state index in [1.54, 1.807) is 91.7 Å². The molecule has 1 aromatic rings. The van der Waals surface area contributed by atoms with Crippen molar-refractivity contribution in [2.45, 2.75) is 197 Å². The number of benzene rings is 1. The van der Waals surface area contributed by atoms with Gasteiger partial charge in [-0.2, -0.15) is 0 Å². The molecule has 84 heavy (non-hydrogen) atoms. The van der Waals surface area contributed by atoms with Gasteiger partial charge >= 0.3 is 36.6 Å². The van der Waals surface area contributed by atoms with Crippen LogP contribution in [0.2, 0.25) is 0 Å². The Morgan fingerprint density at radius 3 is 0.917 bits per heavy atom. The van der Waals surface area contributed by atoms with Gasteiger partial charge in [0.15, 0.2) is 0 Å². The minimum atomic E-state index is -0.773. The molecule has 23 nitrogen and oxygen atoms in total. The van der Waals surface area contributed by atoms with Gasteiger partial charge in [-0.3, -0.25) is 14.6 Å². The molecule has 23 heteroatoms. The number of nitrogens with zero attached hydrogens (tertiary/aromatic N) is 8. The van der Waals surface area contributed by atoms with Crippen molar-refractivity contribution >= 4 is 42.5 Å². The van der Waals surface area contributed by atoms with Gasteiger partial charge in [0.25, 0.3) is 5.91 Å². The van der Waals surface area contributed by atoms with E-state index in [1.807, 2.05) is 80.5 Å². The summed E-state index contributed by atoms with van der Waals surface area (Å²) in [5.41, 5.74) is 3.31. The quantitative estimate of drug-likeness (QED) is 0.242. The van der Waals surface area contributed by atoms with E-state index in [9.17, 15) is 33.6 Å². The minimum Gasteiger partial charge on any atom is -0.444 e. The van der Waals surface area contributed by atoms with Gasteiger partial charge in [0, 0.05) is 136 Å². The van der Waals surface area contributed by atoms with Gasteiger partial charge in [0.05, 0.1) is 0 Å². The second-order valence-electron chi connectivity index (χ2n) is 27.8. The summed E-state index contributed by atoms with van der Waals surface area (Å²) in [6.07, 6.45) is -1.26. The largest absolute Gasteiger partial charge is 0.444 e. The smallest absolute Gasteiger partial charge is 0.410 e. The summed E-state index contributed by atoms with van der Waals surface area (Å²) in [4.78, 5) is 111. The molecule has 0 aromatic heterocycles. The van der Waals surface area contributed by atoms with E-state index in [0.29, 0.717) is 77.1 Å². The van der Waals surface area contributed by atoms with Crippen LogP contribution in [-0.4, -0.2) is 233 Å². The molecule has 1 aromatic carbocycles. The SMILES string of the molecule is CC(C)(C)OC(=O)N1CCCN(C(=O)OC(C)(C)C)CCN(C(=O)OC(C)(C)C)CCCN(Cc2ccc(CN3CCCN(C(=O)OC(C)(C)C)CCN(C(=O)OC(C)(C)C)CCCN(C(=O)OC(C)(C)C)CC3)c(C(=O)NCCN)c2)CC1. The van der Waals surface area contributed by atoms with E-state index in [2.05, 4.69) is 15.1 Å². The molecule has 0 spiro atoms. The lowest BCUT2D eigenvalue weighted by atomic mass is 10.0. The van der Waals surface area contributed by atoms with Crippen molar-refractivity contribution in [2.24, 2.45) is 5.73 Å².